The molecule has 0 radical (unpaired) electrons. The SMILES string of the molecule is C=C1OC(C)(C)CC(=O)C1CN(C)C. The summed E-state index contributed by atoms with van der Waals surface area (Å²) in [6.45, 7) is 8.35. The number of ketones is 1. The first kappa shape index (κ1) is 11.2. The van der Waals surface area contributed by atoms with Crippen molar-refractivity contribution in [3.63, 3.8) is 0 Å². The molecule has 0 amide bonds. The van der Waals surface area contributed by atoms with Gasteiger partial charge >= 0.3 is 0 Å². The first-order valence-electron chi connectivity index (χ1n) is 4.87. The molecule has 80 valence electrons. The van der Waals surface area contributed by atoms with Crippen LogP contribution >= 0.6 is 0 Å². The monoisotopic (exact) mass is 197 g/mol. The highest BCUT2D eigenvalue weighted by atomic mass is 16.5. The van der Waals surface area contributed by atoms with Gasteiger partial charge in [-0.15, -0.1) is 0 Å². The number of hydrogen-bond acceptors (Lipinski definition) is 3. The molecule has 0 aliphatic carbocycles. The van der Waals surface area contributed by atoms with Crippen LogP contribution in [-0.2, 0) is 9.53 Å². The average Bonchev–Trinajstić information content (AvgIpc) is 1.94. The molecule has 0 saturated carbocycles. The molecule has 0 bridgehead atoms. The van der Waals surface area contributed by atoms with Gasteiger partial charge in [0.05, 0.1) is 5.92 Å². The summed E-state index contributed by atoms with van der Waals surface area (Å²) in [5, 5.41) is 0. The lowest BCUT2D eigenvalue weighted by Crippen LogP contribution is -2.42. The first-order chi connectivity index (χ1) is 6.32. The highest BCUT2D eigenvalue weighted by Crippen LogP contribution is 2.31. The Hall–Kier alpha value is -0.830. The molecule has 0 aromatic carbocycles. The number of ether oxygens (including phenoxy) is 1. The van der Waals surface area contributed by atoms with Crippen molar-refractivity contribution in [3.05, 3.63) is 12.3 Å². The number of carbonyl (C=O) groups excluding carboxylic acids is 1. The second kappa shape index (κ2) is 3.73. The van der Waals surface area contributed by atoms with E-state index in [1.165, 1.54) is 0 Å². The largest absolute Gasteiger partial charge is 0.492 e. The molecule has 1 atom stereocenters. The molecule has 1 heterocycles. The number of carbonyl (C=O) groups is 1. The molecule has 1 fully saturated rings. The van der Waals surface area contributed by atoms with Crippen molar-refractivity contribution >= 4 is 5.78 Å². The Balaban J connectivity index is 2.71. The van der Waals surface area contributed by atoms with Gasteiger partial charge in [-0.25, -0.2) is 0 Å². The van der Waals surface area contributed by atoms with Crippen LogP contribution < -0.4 is 0 Å². The van der Waals surface area contributed by atoms with E-state index in [-0.39, 0.29) is 17.3 Å². The van der Waals surface area contributed by atoms with Gasteiger partial charge in [0.2, 0.25) is 0 Å². The first-order valence-corrected chi connectivity index (χ1v) is 4.87. The maximum atomic E-state index is 11.8. The zero-order valence-corrected chi connectivity index (χ0v) is 9.46. The lowest BCUT2D eigenvalue weighted by Gasteiger charge is -2.36. The third-order valence-electron chi connectivity index (χ3n) is 2.33. The van der Waals surface area contributed by atoms with Gasteiger partial charge in [-0.1, -0.05) is 6.58 Å². The van der Waals surface area contributed by atoms with Crippen LogP contribution in [0, 0.1) is 5.92 Å². The molecular formula is C11H19NO2. The Labute approximate surface area is 85.7 Å². The Morgan fingerprint density at radius 3 is 2.57 bits per heavy atom. The summed E-state index contributed by atoms with van der Waals surface area (Å²) in [6, 6.07) is 0. The average molecular weight is 197 g/mol. The fourth-order valence-electron chi connectivity index (χ4n) is 1.75. The molecule has 0 spiro atoms. The smallest absolute Gasteiger partial charge is 0.148 e. The highest BCUT2D eigenvalue weighted by Gasteiger charge is 2.37. The number of rotatable bonds is 2. The van der Waals surface area contributed by atoms with Gasteiger partial charge < -0.3 is 9.64 Å². The van der Waals surface area contributed by atoms with Crippen LogP contribution in [0.3, 0.4) is 0 Å². The van der Waals surface area contributed by atoms with Crippen molar-refractivity contribution in [1.29, 1.82) is 0 Å². The maximum absolute atomic E-state index is 11.8. The lowest BCUT2D eigenvalue weighted by molar-refractivity contribution is -0.135. The molecule has 0 aromatic rings. The maximum Gasteiger partial charge on any atom is 0.148 e. The van der Waals surface area contributed by atoms with Crippen LogP contribution in [-0.4, -0.2) is 36.9 Å². The number of hydrogen-bond donors (Lipinski definition) is 0. The number of Topliss-reactive ketones (excluding diaryl/α,β-unsaturated/α-hetero) is 1. The molecular weight excluding hydrogens is 178 g/mol. The van der Waals surface area contributed by atoms with E-state index in [1.807, 2.05) is 32.8 Å². The Morgan fingerprint density at radius 2 is 2.14 bits per heavy atom. The predicted octanol–water partition coefficient (Wildman–Crippen LogP) is 1.45. The third-order valence-corrected chi connectivity index (χ3v) is 2.33. The van der Waals surface area contributed by atoms with Gasteiger partial charge in [-0.3, -0.25) is 4.79 Å². The summed E-state index contributed by atoms with van der Waals surface area (Å²) in [5.74, 6) is 0.693. The van der Waals surface area contributed by atoms with Crippen molar-refractivity contribution in [3.8, 4) is 0 Å². The van der Waals surface area contributed by atoms with Crippen LogP contribution in [0.2, 0.25) is 0 Å². The van der Waals surface area contributed by atoms with Gasteiger partial charge in [0.1, 0.15) is 17.1 Å². The third kappa shape index (κ3) is 2.58. The summed E-state index contributed by atoms with van der Waals surface area (Å²) in [4.78, 5) is 13.8. The van der Waals surface area contributed by atoms with Crippen molar-refractivity contribution in [2.24, 2.45) is 5.92 Å². The van der Waals surface area contributed by atoms with Crippen LogP contribution in [0.5, 0.6) is 0 Å². The second-order valence-electron chi connectivity index (χ2n) is 4.79. The standard InChI is InChI=1S/C11H19NO2/c1-8-9(7-12(4)5)10(13)6-11(2,3)14-8/h9H,1,6-7H2,2-5H3. The molecule has 0 aromatic heterocycles. The molecule has 1 aliphatic rings. The van der Waals surface area contributed by atoms with Gasteiger partial charge in [-0.2, -0.15) is 0 Å². The molecule has 1 aliphatic heterocycles. The van der Waals surface area contributed by atoms with E-state index in [0.717, 1.165) is 0 Å². The summed E-state index contributed by atoms with van der Waals surface area (Å²) < 4.78 is 5.62. The minimum Gasteiger partial charge on any atom is -0.492 e. The van der Waals surface area contributed by atoms with Gasteiger partial charge in [0, 0.05) is 13.0 Å². The molecule has 0 N–H and O–H groups in total. The van der Waals surface area contributed by atoms with Crippen molar-refractivity contribution in [1.82, 2.24) is 4.90 Å². The molecule has 3 heteroatoms. The summed E-state index contributed by atoms with van der Waals surface area (Å²) in [5.41, 5.74) is -0.378. The Morgan fingerprint density at radius 1 is 1.57 bits per heavy atom. The van der Waals surface area contributed by atoms with E-state index < -0.39 is 0 Å². The summed E-state index contributed by atoms with van der Waals surface area (Å²) in [6.07, 6.45) is 0.477. The van der Waals surface area contributed by atoms with E-state index in [0.29, 0.717) is 18.7 Å². The van der Waals surface area contributed by atoms with Gasteiger partial charge in [0.25, 0.3) is 0 Å². The molecule has 1 unspecified atom stereocenters. The topological polar surface area (TPSA) is 29.5 Å². The minimum atomic E-state index is -0.378. The van der Waals surface area contributed by atoms with E-state index in [4.69, 9.17) is 4.74 Å². The van der Waals surface area contributed by atoms with Gasteiger partial charge in [0.15, 0.2) is 0 Å². The van der Waals surface area contributed by atoms with Crippen molar-refractivity contribution in [2.45, 2.75) is 25.9 Å². The predicted molar refractivity (Wildman–Crippen MR) is 56.0 cm³/mol. The zero-order chi connectivity index (χ0) is 10.9. The van der Waals surface area contributed by atoms with E-state index in [1.54, 1.807) is 0 Å². The molecule has 1 rings (SSSR count). The quantitative estimate of drug-likeness (QED) is 0.671. The normalized spacial score (nSPS) is 26.5. The Bertz CT molecular complexity index is 236. The van der Waals surface area contributed by atoms with Crippen LogP contribution in [0.1, 0.15) is 20.3 Å². The van der Waals surface area contributed by atoms with Crippen molar-refractivity contribution < 1.29 is 9.53 Å². The summed E-state index contributed by atoms with van der Waals surface area (Å²) >= 11 is 0. The Kier molecular flexibility index (Phi) is 3.00. The van der Waals surface area contributed by atoms with Crippen LogP contribution in [0.15, 0.2) is 12.3 Å². The molecule has 14 heavy (non-hydrogen) atoms. The fourth-order valence-corrected chi connectivity index (χ4v) is 1.75. The van der Waals surface area contributed by atoms with E-state index in [9.17, 15) is 4.79 Å². The fraction of sp³-hybridized carbons (Fsp3) is 0.727. The zero-order valence-electron chi connectivity index (χ0n) is 9.46. The van der Waals surface area contributed by atoms with Crippen molar-refractivity contribution in [2.75, 3.05) is 20.6 Å². The number of nitrogens with zero attached hydrogens (tertiary/aromatic N) is 1. The second-order valence-corrected chi connectivity index (χ2v) is 4.79. The van der Waals surface area contributed by atoms with Gasteiger partial charge in [-0.05, 0) is 27.9 Å². The lowest BCUT2D eigenvalue weighted by atomic mass is 9.88. The summed E-state index contributed by atoms with van der Waals surface area (Å²) in [7, 11) is 3.89. The van der Waals surface area contributed by atoms with E-state index in [2.05, 4.69) is 6.58 Å². The van der Waals surface area contributed by atoms with Crippen LogP contribution in [0.25, 0.3) is 0 Å². The van der Waals surface area contributed by atoms with Crippen LogP contribution in [0.4, 0.5) is 0 Å². The minimum absolute atomic E-state index is 0.155. The molecule has 1 saturated heterocycles. The van der Waals surface area contributed by atoms with E-state index >= 15 is 0 Å². The molecule has 3 nitrogen and oxygen atoms in total. The highest BCUT2D eigenvalue weighted by molar-refractivity contribution is 5.85.